The van der Waals surface area contributed by atoms with Crippen LogP contribution in [0.4, 0.5) is 18.9 Å². The third kappa shape index (κ3) is 2.70. The molecule has 0 fully saturated rings. The third-order valence-corrected chi connectivity index (χ3v) is 3.34. The number of halogens is 3. The molecule has 1 aromatic heterocycles. The Balaban J connectivity index is 2.33. The number of nitrogens with one attached hydrogen (secondary N) is 2. The van der Waals surface area contributed by atoms with Crippen LogP contribution in [0.25, 0.3) is 0 Å². The summed E-state index contributed by atoms with van der Waals surface area (Å²) in [5, 5.41) is 2.44. The molecule has 6 nitrogen and oxygen atoms in total. The lowest BCUT2D eigenvalue weighted by atomic mass is 10.4. The molecule has 0 aliphatic carbocycles. The Kier molecular flexibility index (Phi) is 2.89. The van der Waals surface area contributed by atoms with Gasteiger partial charge in [0.2, 0.25) is 5.96 Å². The maximum absolute atomic E-state index is 12.0. The molecule has 2 heterocycles. The lowest BCUT2D eigenvalue weighted by Crippen LogP contribution is -2.41. The molecular weight excluding hydrogens is 273 g/mol. The van der Waals surface area contributed by atoms with Crippen molar-refractivity contribution in [1.29, 1.82) is 0 Å². The Morgan fingerprint density at radius 2 is 2.11 bits per heavy atom. The molecule has 0 aromatic carbocycles. The summed E-state index contributed by atoms with van der Waals surface area (Å²) >= 11 is 0. The fourth-order valence-corrected chi connectivity index (χ4v) is 2.36. The SMILES string of the molecule is O=S1(=O)NC(=NCC(F)(F)F)Nc2ccncc21. The van der Waals surface area contributed by atoms with E-state index >= 15 is 0 Å². The normalized spacial score (nSPS) is 19.8. The average molecular weight is 280 g/mol. The van der Waals surface area contributed by atoms with Gasteiger partial charge in [0.1, 0.15) is 11.4 Å². The van der Waals surface area contributed by atoms with Crippen LogP contribution in [0.5, 0.6) is 0 Å². The zero-order valence-corrected chi connectivity index (χ0v) is 9.51. The van der Waals surface area contributed by atoms with Gasteiger partial charge in [-0.25, -0.2) is 18.1 Å². The molecule has 1 aromatic rings. The lowest BCUT2D eigenvalue weighted by molar-refractivity contribution is -0.118. The number of hydrogen-bond donors (Lipinski definition) is 2. The van der Waals surface area contributed by atoms with Gasteiger partial charge in [-0.15, -0.1) is 0 Å². The molecule has 0 saturated heterocycles. The fraction of sp³-hybridized carbons (Fsp3) is 0.250. The van der Waals surface area contributed by atoms with Gasteiger partial charge in [-0.05, 0) is 6.07 Å². The molecule has 2 rings (SSSR count). The molecule has 0 bridgehead atoms. The second-order valence-electron chi connectivity index (χ2n) is 3.38. The standard InChI is InChI=1S/C8H7F3N4O2S/c9-8(10,11)4-13-7-14-5-1-2-12-3-6(5)18(16,17)15-7/h1-3H,4H2,(H2,13,14,15). The fourth-order valence-electron chi connectivity index (χ4n) is 1.27. The minimum absolute atomic E-state index is 0.129. The van der Waals surface area contributed by atoms with Crippen molar-refractivity contribution in [2.75, 3.05) is 11.9 Å². The molecule has 18 heavy (non-hydrogen) atoms. The van der Waals surface area contributed by atoms with Gasteiger partial charge in [-0.1, -0.05) is 0 Å². The van der Waals surface area contributed by atoms with Crippen molar-refractivity contribution >= 4 is 21.7 Å². The largest absolute Gasteiger partial charge is 0.408 e. The van der Waals surface area contributed by atoms with E-state index in [0.29, 0.717) is 0 Å². The van der Waals surface area contributed by atoms with Gasteiger partial charge in [0.05, 0.1) is 5.69 Å². The van der Waals surface area contributed by atoms with Crippen molar-refractivity contribution in [3.05, 3.63) is 18.5 Å². The Morgan fingerprint density at radius 1 is 1.39 bits per heavy atom. The molecule has 0 radical (unpaired) electrons. The van der Waals surface area contributed by atoms with Gasteiger partial charge < -0.3 is 5.32 Å². The summed E-state index contributed by atoms with van der Waals surface area (Å²) in [6.45, 7) is -1.47. The quantitative estimate of drug-likeness (QED) is 0.793. The Morgan fingerprint density at radius 3 is 2.78 bits per heavy atom. The first kappa shape index (κ1) is 12.6. The monoisotopic (exact) mass is 280 g/mol. The molecular formula is C8H7F3N4O2S. The van der Waals surface area contributed by atoms with Crippen LogP contribution in [0, 0.1) is 0 Å². The zero-order valence-electron chi connectivity index (χ0n) is 8.69. The molecule has 0 spiro atoms. The van der Waals surface area contributed by atoms with E-state index in [1.54, 1.807) is 0 Å². The van der Waals surface area contributed by atoms with Crippen LogP contribution < -0.4 is 10.0 Å². The van der Waals surface area contributed by atoms with Crippen molar-refractivity contribution in [3.63, 3.8) is 0 Å². The maximum atomic E-state index is 12.0. The Labute approximate surface area is 100.0 Å². The number of rotatable bonds is 1. The van der Waals surface area contributed by atoms with Crippen LogP contribution in [-0.2, 0) is 10.0 Å². The van der Waals surface area contributed by atoms with E-state index in [2.05, 4.69) is 15.3 Å². The van der Waals surface area contributed by atoms with Gasteiger partial charge in [0.15, 0.2) is 0 Å². The average Bonchev–Trinajstić information content (AvgIpc) is 2.25. The Bertz CT molecular complexity index is 597. The molecule has 1 aliphatic heterocycles. The van der Waals surface area contributed by atoms with Crippen molar-refractivity contribution in [1.82, 2.24) is 9.71 Å². The number of guanidine groups is 1. The predicted octanol–water partition coefficient (Wildman–Crippen LogP) is 0.704. The summed E-state index contributed by atoms with van der Waals surface area (Å²) in [6.07, 6.45) is -2.10. The van der Waals surface area contributed by atoms with Gasteiger partial charge in [-0.2, -0.15) is 13.2 Å². The highest BCUT2D eigenvalue weighted by atomic mass is 32.2. The summed E-state index contributed by atoms with van der Waals surface area (Å²) in [7, 11) is -3.93. The van der Waals surface area contributed by atoms with Gasteiger partial charge >= 0.3 is 6.18 Å². The summed E-state index contributed by atoms with van der Waals surface area (Å²) in [6, 6.07) is 1.33. The first-order valence-corrected chi connectivity index (χ1v) is 6.11. The number of aromatic nitrogens is 1. The molecule has 0 amide bonds. The summed E-state index contributed by atoms with van der Waals surface area (Å²) < 4.78 is 61.1. The second-order valence-corrected chi connectivity index (χ2v) is 5.03. The number of sulfonamides is 1. The number of nitrogens with zero attached hydrogens (tertiary/aromatic N) is 2. The van der Waals surface area contributed by atoms with Crippen LogP contribution in [0.15, 0.2) is 28.3 Å². The van der Waals surface area contributed by atoms with Crippen molar-refractivity contribution < 1.29 is 21.6 Å². The summed E-state index contributed by atoms with van der Waals surface area (Å²) in [5.41, 5.74) is 0.129. The van der Waals surface area contributed by atoms with E-state index < -0.39 is 28.7 Å². The number of fused-ring (bicyclic) bond motifs is 1. The summed E-state index contributed by atoms with van der Waals surface area (Å²) in [5.74, 6) is -0.467. The van der Waals surface area contributed by atoms with Gasteiger partial charge in [0.25, 0.3) is 10.0 Å². The maximum Gasteiger partial charge on any atom is 0.408 e. The minimum Gasteiger partial charge on any atom is -0.324 e. The van der Waals surface area contributed by atoms with E-state index in [1.807, 2.05) is 4.72 Å². The highest BCUT2D eigenvalue weighted by Crippen LogP contribution is 2.23. The van der Waals surface area contributed by atoms with E-state index in [-0.39, 0.29) is 10.6 Å². The lowest BCUT2D eigenvalue weighted by Gasteiger charge is -2.20. The van der Waals surface area contributed by atoms with Crippen LogP contribution in [-0.4, -0.2) is 32.1 Å². The number of aliphatic imine (C=N–C) groups is 1. The van der Waals surface area contributed by atoms with E-state index in [1.165, 1.54) is 12.3 Å². The van der Waals surface area contributed by atoms with E-state index in [0.717, 1.165) is 6.20 Å². The van der Waals surface area contributed by atoms with Crippen molar-refractivity contribution in [2.24, 2.45) is 4.99 Å². The van der Waals surface area contributed by atoms with Crippen LogP contribution in [0.2, 0.25) is 0 Å². The molecule has 0 unspecified atom stereocenters. The van der Waals surface area contributed by atoms with Crippen LogP contribution in [0.1, 0.15) is 0 Å². The number of anilines is 1. The number of pyridine rings is 1. The highest BCUT2D eigenvalue weighted by Gasteiger charge is 2.30. The van der Waals surface area contributed by atoms with Crippen molar-refractivity contribution in [3.8, 4) is 0 Å². The first-order valence-electron chi connectivity index (χ1n) is 4.63. The predicted molar refractivity (Wildman–Crippen MR) is 56.5 cm³/mol. The molecule has 1 aliphatic rings. The van der Waals surface area contributed by atoms with Gasteiger partial charge in [-0.3, -0.25) is 4.98 Å². The smallest absolute Gasteiger partial charge is 0.324 e. The molecule has 0 atom stereocenters. The summed E-state index contributed by atoms with van der Waals surface area (Å²) in [4.78, 5) is 6.60. The van der Waals surface area contributed by atoms with Crippen LogP contribution >= 0.6 is 0 Å². The second kappa shape index (κ2) is 4.12. The topological polar surface area (TPSA) is 83.5 Å². The van der Waals surface area contributed by atoms with Crippen molar-refractivity contribution in [2.45, 2.75) is 11.1 Å². The molecule has 10 heteroatoms. The number of hydrogen-bond acceptors (Lipinski definition) is 4. The molecule has 2 N–H and O–H groups in total. The van der Waals surface area contributed by atoms with E-state index in [4.69, 9.17) is 0 Å². The minimum atomic E-state index is -4.50. The van der Waals surface area contributed by atoms with Crippen LogP contribution in [0.3, 0.4) is 0 Å². The first-order chi connectivity index (χ1) is 8.28. The zero-order chi connectivity index (χ0) is 13.4. The third-order valence-electron chi connectivity index (χ3n) is 1.97. The van der Waals surface area contributed by atoms with E-state index in [9.17, 15) is 21.6 Å². The highest BCUT2D eigenvalue weighted by molar-refractivity contribution is 7.90. The Hall–Kier alpha value is -1.84. The molecule has 98 valence electrons. The molecule has 0 saturated carbocycles. The number of alkyl halides is 3. The van der Waals surface area contributed by atoms with Gasteiger partial charge in [0, 0.05) is 12.4 Å².